The van der Waals surface area contributed by atoms with E-state index in [0.717, 1.165) is 4.31 Å². The fraction of sp³-hybridized carbons (Fsp3) is 0.500. The Morgan fingerprint density at radius 1 is 1.32 bits per heavy atom. The van der Waals surface area contributed by atoms with E-state index in [1.54, 1.807) is 14.0 Å². The van der Waals surface area contributed by atoms with Gasteiger partial charge in [-0.1, -0.05) is 13.8 Å². The van der Waals surface area contributed by atoms with Gasteiger partial charge in [0.25, 0.3) is 21.8 Å². The van der Waals surface area contributed by atoms with Crippen molar-refractivity contribution in [2.45, 2.75) is 25.7 Å². The molecule has 1 heterocycles. The van der Waals surface area contributed by atoms with Gasteiger partial charge in [0.1, 0.15) is 4.90 Å². The molecule has 25 heavy (non-hydrogen) atoms. The van der Waals surface area contributed by atoms with Crippen LogP contribution in [0.15, 0.2) is 23.1 Å². The van der Waals surface area contributed by atoms with E-state index in [4.69, 9.17) is 5.73 Å². The highest BCUT2D eigenvalue weighted by Gasteiger charge is 2.40. The van der Waals surface area contributed by atoms with Gasteiger partial charge in [0.2, 0.25) is 0 Å². The average molecular weight is 390 g/mol. The summed E-state index contributed by atoms with van der Waals surface area (Å²) in [5.74, 6) is -0.860. The molecule has 0 aliphatic carbocycles. The molecule has 0 fully saturated rings. The molecular formula is C16H24ClN3O4S. The number of hydrogen-bond acceptors (Lipinski definition) is 5. The minimum atomic E-state index is -3.87. The number of carbonyl (C=O) groups excluding carboxylic acids is 2. The first-order chi connectivity index (χ1) is 11.0. The van der Waals surface area contributed by atoms with Crippen LogP contribution in [-0.2, 0) is 10.0 Å². The smallest absolute Gasteiger partial charge is 0.268 e. The highest BCUT2D eigenvalue weighted by atomic mass is 35.5. The Labute approximate surface area is 154 Å². The van der Waals surface area contributed by atoms with E-state index in [-0.39, 0.29) is 46.3 Å². The molecule has 0 atom stereocenters. The van der Waals surface area contributed by atoms with Crippen LogP contribution >= 0.6 is 12.4 Å². The molecule has 0 bridgehead atoms. The second kappa shape index (κ2) is 7.31. The lowest BCUT2D eigenvalue weighted by Crippen LogP contribution is -2.39. The number of amides is 2. The molecule has 1 aromatic carbocycles. The van der Waals surface area contributed by atoms with Gasteiger partial charge in [0.15, 0.2) is 0 Å². The number of halogens is 1. The van der Waals surface area contributed by atoms with E-state index in [0.29, 0.717) is 13.1 Å². The second-order valence-corrected chi connectivity index (χ2v) is 8.55. The molecule has 0 spiro atoms. The Kier molecular flexibility index (Phi) is 6.26. The normalized spacial score (nSPS) is 15.6. The minimum absolute atomic E-state index is 0. The van der Waals surface area contributed by atoms with E-state index in [1.807, 2.05) is 13.8 Å². The summed E-state index contributed by atoms with van der Waals surface area (Å²) in [6, 6.07) is 4.17. The molecule has 0 aromatic heterocycles. The van der Waals surface area contributed by atoms with Gasteiger partial charge < -0.3 is 10.6 Å². The molecule has 0 radical (unpaired) electrons. The molecule has 1 aliphatic rings. The Bertz CT molecular complexity index is 793. The maximum atomic E-state index is 12.6. The van der Waals surface area contributed by atoms with Gasteiger partial charge in [-0.3, -0.25) is 9.59 Å². The molecule has 2 N–H and O–H groups in total. The Hall–Kier alpha value is -1.64. The summed E-state index contributed by atoms with van der Waals surface area (Å²) in [6.07, 6.45) is 0. The van der Waals surface area contributed by atoms with Crippen molar-refractivity contribution in [2.24, 2.45) is 11.1 Å². The largest absolute Gasteiger partial charge is 0.341 e. The Morgan fingerprint density at radius 3 is 2.44 bits per heavy atom. The molecule has 0 saturated heterocycles. The van der Waals surface area contributed by atoms with Crippen molar-refractivity contribution >= 4 is 34.2 Å². The molecule has 7 nitrogen and oxygen atoms in total. The van der Waals surface area contributed by atoms with Gasteiger partial charge in [-0.25, -0.2) is 12.7 Å². The van der Waals surface area contributed by atoms with Crippen molar-refractivity contribution in [2.75, 3.05) is 26.7 Å². The Morgan fingerprint density at radius 2 is 1.92 bits per heavy atom. The number of nitrogens with two attached hydrogens (primary N) is 1. The van der Waals surface area contributed by atoms with Crippen molar-refractivity contribution < 1.29 is 18.0 Å². The summed E-state index contributed by atoms with van der Waals surface area (Å²) in [5.41, 5.74) is 5.78. The van der Waals surface area contributed by atoms with Crippen LogP contribution in [0.25, 0.3) is 0 Å². The van der Waals surface area contributed by atoms with Gasteiger partial charge in [-0.05, 0) is 37.1 Å². The van der Waals surface area contributed by atoms with Crippen LogP contribution in [0.2, 0.25) is 0 Å². The molecule has 0 unspecified atom stereocenters. The van der Waals surface area contributed by atoms with E-state index >= 15 is 0 Å². The van der Waals surface area contributed by atoms with Crippen molar-refractivity contribution in [3.8, 4) is 0 Å². The number of carbonyl (C=O) groups is 2. The second-order valence-electron chi connectivity index (χ2n) is 6.72. The zero-order chi connectivity index (χ0) is 18.3. The van der Waals surface area contributed by atoms with Crippen molar-refractivity contribution in [1.29, 1.82) is 0 Å². The lowest BCUT2D eigenvalue weighted by atomic mass is 9.93. The number of rotatable bonds is 5. The maximum absolute atomic E-state index is 12.6. The molecule has 2 amide bonds. The SMILES string of the molecule is CCN1C(=O)c2ccc(C(=O)N(C)CC(C)(C)CN)cc2S1(=O)=O.Cl. The topological polar surface area (TPSA) is 101 Å². The van der Waals surface area contributed by atoms with E-state index in [1.165, 1.54) is 23.1 Å². The quantitative estimate of drug-likeness (QED) is 0.818. The molecule has 140 valence electrons. The summed E-state index contributed by atoms with van der Waals surface area (Å²) in [5, 5.41) is 0. The zero-order valence-corrected chi connectivity index (χ0v) is 16.4. The van der Waals surface area contributed by atoms with Crippen LogP contribution in [0.3, 0.4) is 0 Å². The fourth-order valence-corrected chi connectivity index (χ4v) is 4.32. The summed E-state index contributed by atoms with van der Waals surface area (Å²) in [7, 11) is -2.23. The summed E-state index contributed by atoms with van der Waals surface area (Å²) in [4.78, 5) is 26.1. The van der Waals surface area contributed by atoms with Crippen LogP contribution < -0.4 is 5.73 Å². The van der Waals surface area contributed by atoms with Gasteiger partial charge in [0.05, 0.1) is 5.56 Å². The summed E-state index contributed by atoms with van der Waals surface area (Å²) >= 11 is 0. The van der Waals surface area contributed by atoms with Crippen molar-refractivity contribution in [1.82, 2.24) is 9.21 Å². The third-order valence-electron chi connectivity index (χ3n) is 4.11. The van der Waals surface area contributed by atoms with Gasteiger partial charge in [0, 0.05) is 25.7 Å². The minimum Gasteiger partial charge on any atom is -0.341 e. The first-order valence-corrected chi connectivity index (χ1v) is 9.16. The lowest BCUT2D eigenvalue weighted by molar-refractivity contribution is 0.0739. The summed E-state index contributed by atoms with van der Waals surface area (Å²) < 4.78 is 25.6. The Balaban J connectivity index is 0.00000312. The van der Waals surface area contributed by atoms with Crippen LogP contribution in [0.1, 0.15) is 41.5 Å². The number of fused-ring (bicyclic) bond motifs is 1. The molecule has 9 heteroatoms. The van der Waals surface area contributed by atoms with Crippen molar-refractivity contribution in [3.05, 3.63) is 29.3 Å². The highest BCUT2D eigenvalue weighted by molar-refractivity contribution is 7.90. The molecule has 0 saturated carbocycles. The zero-order valence-electron chi connectivity index (χ0n) is 14.8. The first kappa shape index (κ1) is 21.4. The number of nitrogens with zero attached hydrogens (tertiary/aromatic N) is 2. The monoisotopic (exact) mass is 389 g/mol. The summed E-state index contributed by atoms with van der Waals surface area (Å²) in [6.45, 7) is 6.40. The first-order valence-electron chi connectivity index (χ1n) is 7.72. The lowest BCUT2D eigenvalue weighted by Gasteiger charge is -2.29. The van der Waals surface area contributed by atoms with Crippen LogP contribution in [0.5, 0.6) is 0 Å². The molecule has 2 rings (SSSR count). The van der Waals surface area contributed by atoms with Gasteiger partial charge in [-0.2, -0.15) is 0 Å². The number of benzene rings is 1. The molecule has 1 aliphatic heterocycles. The van der Waals surface area contributed by atoms with E-state index in [2.05, 4.69) is 0 Å². The van der Waals surface area contributed by atoms with Crippen LogP contribution in [0, 0.1) is 5.41 Å². The maximum Gasteiger partial charge on any atom is 0.268 e. The third kappa shape index (κ3) is 3.80. The van der Waals surface area contributed by atoms with Crippen molar-refractivity contribution in [3.63, 3.8) is 0 Å². The van der Waals surface area contributed by atoms with Crippen LogP contribution in [0.4, 0.5) is 0 Å². The standard InChI is InChI=1S/C16H23N3O4S.ClH/c1-5-19-15(21)12-7-6-11(8-13(12)24(19,22)23)14(20)18(4)10-16(2,3)9-17;/h6-8H,5,9-10,17H2,1-4H3;1H. The predicted octanol–water partition coefficient (Wildman–Crippen LogP) is 1.33. The van der Waals surface area contributed by atoms with Gasteiger partial charge in [-0.15, -0.1) is 12.4 Å². The number of sulfonamides is 1. The predicted molar refractivity (Wildman–Crippen MR) is 97.4 cm³/mol. The van der Waals surface area contributed by atoms with Gasteiger partial charge >= 0.3 is 0 Å². The van der Waals surface area contributed by atoms with E-state index < -0.39 is 15.9 Å². The highest BCUT2D eigenvalue weighted by Crippen LogP contribution is 2.31. The van der Waals surface area contributed by atoms with E-state index in [9.17, 15) is 18.0 Å². The number of hydrogen-bond donors (Lipinski definition) is 1. The third-order valence-corrected chi connectivity index (χ3v) is 6.00. The van der Waals surface area contributed by atoms with Crippen LogP contribution in [-0.4, -0.2) is 56.1 Å². The molecular weight excluding hydrogens is 366 g/mol. The molecule has 1 aromatic rings. The fourth-order valence-electron chi connectivity index (χ4n) is 2.72. The average Bonchev–Trinajstić information content (AvgIpc) is 2.72.